The number of anilines is 2. The molecule has 2 aromatic rings. The fourth-order valence-electron chi connectivity index (χ4n) is 5.55. The van der Waals surface area contributed by atoms with Crippen LogP contribution in [0.3, 0.4) is 0 Å². The molecule has 2 saturated heterocycles. The number of alkyl halides is 3. The Kier molecular flexibility index (Phi) is 9.68. The summed E-state index contributed by atoms with van der Waals surface area (Å²) in [6.45, 7) is 9.05. The van der Waals surface area contributed by atoms with Gasteiger partial charge in [-0.3, -0.25) is 9.69 Å². The molecule has 3 heterocycles. The SMILES string of the molecule is CC.O=C(Nc1ccc(C(F)(F)F)nc1)N[C@H]1CCCN(c2ccc(C3(CN4CCOCC4)CCC3)cc2)C1=O. The van der Waals surface area contributed by atoms with E-state index in [4.69, 9.17) is 4.74 Å². The first kappa shape index (κ1) is 29.8. The van der Waals surface area contributed by atoms with Crippen LogP contribution >= 0.6 is 0 Å². The Morgan fingerprint density at radius 2 is 1.75 bits per heavy atom. The lowest BCUT2D eigenvalue weighted by atomic mass is 9.64. The molecule has 8 nitrogen and oxygen atoms in total. The number of piperidine rings is 1. The molecule has 3 fully saturated rings. The molecule has 1 saturated carbocycles. The van der Waals surface area contributed by atoms with Gasteiger partial charge in [0.25, 0.3) is 0 Å². The molecule has 2 aliphatic heterocycles. The molecule has 2 N–H and O–H groups in total. The minimum absolute atomic E-state index is 0.105. The Hall–Kier alpha value is -3.18. The minimum Gasteiger partial charge on any atom is -0.379 e. The zero-order valence-electron chi connectivity index (χ0n) is 23.1. The first-order valence-electron chi connectivity index (χ1n) is 14.1. The second-order valence-electron chi connectivity index (χ2n) is 10.3. The van der Waals surface area contributed by atoms with Crippen molar-refractivity contribution in [2.75, 3.05) is 49.6 Å². The van der Waals surface area contributed by atoms with Gasteiger partial charge in [0.1, 0.15) is 11.7 Å². The number of carbonyl (C=O) groups is 2. The number of morpholine rings is 1. The van der Waals surface area contributed by atoms with Crippen LogP contribution in [0.5, 0.6) is 0 Å². The fraction of sp³-hybridized carbons (Fsp3) is 0.552. The molecule has 0 bridgehead atoms. The first-order valence-corrected chi connectivity index (χ1v) is 14.1. The zero-order valence-corrected chi connectivity index (χ0v) is 23.1. The van der Waals surface area contributed by atoms with Crippen molar-refractivity contribution >= 4 is 23.3 Å². The van der Waals surface area contributed by atoms with Gasteiger partial charge in [-0.05, 0) is 55.5 Å². The Labute approximate surface area is 233 Å². The highest BCUT2D eigenvalue weighted by Crippen LogP contribution is 2.45. The predicted molar refractivity (Wildman–Crippen MR) is 147 cm³/mol. The van der Waals surface area contributed by atoms with Crippen molar-refractivity contribution in [3.8, 4) is 0 Å². The third kappa shape index (κ3) is 6.93. The lowest BCUT2D eigenvalue weighted by molar-refractivity contribution is -0.141. The number of nitrogens with zero attached hydrogens (tertiary/aromatic N) is 3. The van der Waals surface area contributed by atoms with Gasteiger partial charge in [0.2, 0.25) is 5.91 Å². The van der Waals surface area contributed by atoms with E-state index in [1.807, 2.05) is 26.0 Å². The maximum absolute atomic E-state index is 13.2. The van der Waals surface area contributed by atoms with Crippen molar-refractivity contribution < 1.29 is 27.5 Å². The van der Waals surface area contributed by atoms with Gasteiger partial charge in [-0.25, -0.2) is 9.78 Å². The number of rotatable bonds is 6. The summed E-state index contributed by atoms with van der Waals surface area (Å²) in [6, 6.07) is 8.75. The number of halogens is 3. The van der Waals surface area contributed by atoms with Crippen LogP contribution in [0.25, 0.3) is 0 Å². The normalized spacial score (nSPS) is 21.1. The summed E-state index contributed by atoms with van der Waals surface area (Å²) >= 11 is 0. The molecule has 11 heteroatoms. The number of urea groups is 1. The van der Waals surface area contributed by atoms with Crippen LogP contribution < -0.4 is 15.5 Å². The van der Waals surface area contributed by atoms with Crippen LogP contribution in [-0.4, -0.2) is 67.3 Å². The van der Waals surface area contributed by atoms with Gasteiger partial charge in [-0.2, -0.15) is 13.2 Å². The summed E-state index contributed by atoms with van der Waals surface area (Å²) in [7, 11) is 0. The zero-order chi connectivity index (χ0) is 28.8. The number of carbonyl (C=O) groups excluding carboxylic acids is 2. The van der Waals surface area contributed by atoms with Gasteiger partial charge in [0, 0.05) is 37.3 Å². The van der Waals surface area contributed by atoms with E-state index in [1.165, 1.54) is 12.0 Å². The van der Waals surface area contributed by atoms with E-state index >= 15 is 0 Å². The van der Waals surface area contributed by atoms with E-state index in [0.717, 1.165) is 69.7 Å². The standard InChI is InChI=1S/C27H32F3N5O3.C2H6/c28-27(29,30)23-9-6-20(17-31-23)32-25(37)33-22-3-1-12-35(24(22)36)21-7-4-19(5-8-21)26(10-2-11-26)18-34-13-15-38-16-14-34;1-2/h4-9,17,22H,1-3,10-16,18H2,(H2,32,33,37);1-2H3/t22-;/m0./s1. The molecule has 3 aliphatic rings. The molecule has 1 aromatic heterocycles. The Balaban J connectivity index is 0.00000181. The quantitative estimate of drug-likeness (QED) is 0.507. The summed E-state index contributed by atoms with van der Waals surface area (Å²) < 4.78 is 43.6. The Morgan fingerprint density at radius 1 is 1.05 bits per heavy atom. The number of aromatic nitrogens is 1. The maximum atomic E-state index is 13.2. The smallest absolute Gasteiger partial charge is 0.379 e. The molecular weight excluding hydrogens is 523 g/mol. The Bertz CT molecular complexity index is 1130. The maximum Gasteiger partial charge on any atom is 0.433 e. The fourth-order valence-corrected chi connectivity index (χ4v) is 5.55. The van der Waals surface area contributed by atoms with Gasteiger partial charge >= 0.3 is 12.2 Å². The van der Waals surface area contributed by atoms with Crippen molar-refractivity contribution in [1.29, 1.82) is 0 Å². The third-order valence-electron chi connectivity index (χ3n) is 7.79. The Morgan fingerprint density at radius 3 is 2.33 bits per heavy atom. The molecule has 0 spiro atoms. The number of ether oxygens (including phenoxy) is 1. The molecule has 1 aromatic carbocycles. The number of amides is 3. The van der Waals surface area contributed by atoms with E-state index in [1.54, 1.807) is 4.90 Å². The van der Waals surface area contributed by atoms with Gasteiger partial charge in [-0.1, -0.05) is 32.4 Å². The second kappa shape index (κ2) is 13.0. The molecular formula is C29H38F3N5O3. The van der Waals surface area contributed by atoms with Crippen molar-refractivity contribution in [2.24, 2.45) is 0 Å². The van der Waals surface area contributed by atoms with Crippen molar-refractivity contribution in [1.82, 2.24) is 15.2 Å². The van der Waals surface area contributed by atoms with Crippen LogP contribution in [0.1, 0.15) is 57.2 Å². The second-order valence-corrected chi connectivity index (χ2v) is 10.3. The summed E-state index contributed by atoms with van der Waals surface area (Å²) in [5.74, 6) is -0.212. The number of benzene rings is 1. The van der Waals surface area contributed by atoms with Gasteiger partial charge < -0.3 is 20.3 Å². The highest BCUT2D eigenvalue weighted by molar-refractivity contribution is 6.01. The minimum atomic E-state index is -4.56. The van der Waals surface area contributed by atoms with E-state index < -0.39 is 23.9 Å². The summed E-state index contributed by atoms with van der Waals surface area (Å²) in [6.07, 6.45) is 1.10. The summed E-state index contributed by atoms with van der Waals surface area (Å²) in [5.41, 5.74) is 1.29. The first-order chi connectivity index (χ1) is 19.2. The van der Waals surface area contributed by atoms with Gasteiger partial charge in [0.15, 0.2) is 0 Å². The number of pyridine rings is 1. The lowest BCUT2D eigenvalue weighted by Gasteiger charge is -2.46. The van der Waals surface area contributed by atoms with Crippen molar-refractivity contribution in [3.63, 3.8) is 0 Å². The van der Waals surface area contributed by atoms with E-state index in [2.05, 4.69) is 32.7 Å². The average Bonchev–Trinajstić information content (AvgIpc) is 2.94. The van der Waals surface area contributed by atoms with Crippen molar-refractivity contribution in [2.45, 2.75) is 63.6 Å². The molecule has 5 rings (SSSR count). The molecule has 1 aliphatic carbocycles. The third-order valence-corrected chi connectivity index (χ3v) is 7.79. The summed E-state index contributed by atoms with van der Waals surface area (Å²) in [4.78, 5) is 33.2. The van der Waals surface area contributed by atoms with Crippen LogP contribution in [0, 0.1) is 0 Å². The van der Waals surface area contributed by atoms with Crippen LogP contribution in [0.2, 0.25) is 0 Å². The van der Waals surface area contributed by atoms with E-state index in [-0.39, 0.29) is 17.0 Å². The topological polar surface area (TPSA) is 86.8 Å². The molecule has 3 amide bonds. The number of nitrogens with one attached hydrogen (secondary N) is 2. The molecule has 0 radical (unpaired) electrons. The van der Waals surface area contributed by atoms with Gasteiger partial charge in [-0.15, -0.1) is 0 Å². The predicted octanol–water partition coefficient (Wildman–Crippen LogP) is 5.20. The molecule has 218 valence electrons. The van der Waals surface area contributed by atoms with Gasteiger partial charge in [0.05, 0.1) is 25.1 Å². The molecule has 1 atom stereocenters. The average molecular weight is 562 g/mol. The van der Waals surface area contributed by atoms with Crippen LogP contribution in [0.4, 0.5) is 29.3 Å². The highest BCUT2D eigenvalue weighted by Gasteiger charge is 2.40. The number of hydrogen-bond acceptors (Lipinski definition) is 5. The monoisotopic (exact) mass is 561 g/mol. The van der Waals surface area contributed by atoms with Crippen LogP contribution in [0.15, 0.2) is 42.6 Å². The van der Waals surface area contributed by atoms with Crippen LogP contribution in [-0.2, 0) is 21.1 Å². The van der Waals surface area contributed by atoms with Crippen molar-refractivity contribution in [3.05, 3.63) is 53.9 Å². The summed E-state index contributed by atoms with van der Waals surface area (Å²) in [5, 5.41) is 5.11. The highest BCUT2D eigenvalue weighted by atomic mass is 19.4. The van der Waals surface area contributed by atoms with E-state index in [9.17, 15) is 22.8 Å². The van der Waals surface area contributed by atoms with E-state index in [0.29, 0.717) is 19.4 Å². The lowest BCUT2D eigenvalue weighted by Crippen LogP contribution is -2.53. The molecule has 40 heavy (non-hydrogen) atoms. The largest absolute Gasteiger partial charge is 0.433 e. The molecule has 0 unspecified atom stereocenters. The number of hydrogen-bond donors (Lipinski definition) is 2.